The lowest BCUT2D eigenvalue weighted by molar-refractivity contribution is 0.154. The first-order valence-corrected chi connectivity index (χ1v) is 9.24. The van der Waals surface area contributed by atoms with Crippen molar-refractivity contribution >= 4 is 24.0 Å². The molecule has 2 aromatic carbocycles. The minimum atomic E-state index is 0. The normalized spacial score (nSPS) is 17.5. The van der Waals surface area contributed by atoms with Crippen molar-refractivity contribution in [1.82, 2.24) is 25.0 Å². The Morgan fingerprint density at radius 1 is 1.22 bits per heavy atom. The molecule has 1 unspecified atom stereocenters. The second-order valence-electron chi connectivity index (χ2n) is 6.67. The summed E-state index contributed by atoms with van der Waals surface area (Å²) < 4.78 is 1.80. The van der Waals surface area contributed by atoms with Gasteiger partial charge >= 0.3 is 0 Å². The molecule has 0 radical (unpaired) electrons. The van der Waals surface area contributed by atoms with Crippen molar-refractivity contribution in [2.75, 3.05) is 19.6 Å². The Balaban J connectivity index is 0.00000210. The Labute approximate surface area is 170 Å². The highest BCUT2D eigenvalue weighted by Crippen LogP contribution is 2.30. The van der Waals surface area contributed by atoms with E-state index in [-0.39, 0.29) is 18.4 Å². The summed E-state index contributed by atoms with van der Waals surface area (Å²) in [5, 5.41) is 8.56. The van der Waals surface area contributed by atoms with Gasteiger partial charge in [0.15, 0.2) is 0 Å². The molecule has 0 spiro atoms. The second-order valence-corrected chi connectivity index (χ2v) is 7.08. The number of benzene rings is 2. The molecule has 7 heteroatoms. The molecule has 1 aliphatic rings. The van der Waals surface area contributed by atoms with Crippen LogP contribution in [0, 0.1) is 6.92 Å². The lowest BCUT2D eigenvalue weighted by Crippen LogP contribution is -2.45. The second kappa shape index (κ2) is 8.85. The Morgan fingerprint density at radius 3 is 2.81 bits per heavy atom. The SMILES string of the molecule is Cc1cc(CN2CCNCC2c2ccccc2Cl)ccc1-n1cncn1.Cl. The number of aromatic nitrogens is 3. The van der Waals surface area contributed by atoms with Crippen molar-refractivity contribution in [1.29, 1.82) is 0 Å². The minimum absolute atomic E-state index is 0. The fraction of sp³-hybridized carbons (Fsp3) is 0.300. The topological polar surface area (TPSA) is 46.0 Å². The smallest absolute Gasteiger partial charge is 0.138 e. The van der Waals surface area contributed by atoms with E-state index in [0.717, 1.165) is 36.9 Å². The van der Waals surface area contributed by atoms with Crippen molar-refractivity contribution in [3.05, 3.63) is 76.8 Å². The van der Waals surface area contributed by atoms with Crippen LogP contribution < -0.4 is 5.32 Å². The number of hydrogen-bond acceptors (Lipinski definition) is 4. The van der Waals surface area contributed by atoms with Gasteiger partial charge < -0.3 is 5.32 Å². The van der Waals surface area contributed by atoms with Gasteiger partial charge in [0.2, 0.25) is 0 Å². The van der Waals surface area contributed by atoms with E-state index < -0.39 is 0 Å². The van der Waals surface area contributed by atoms with Crippen molar-refractivity contribution in [3.63, 3.8) is 0 Å². The zero-order valence-corrected chi connectivity index (χ0v) is 16.7. The van der Waals surface area contributed by atoms with Crippen LogP contribution in [0.25, 0.3) is 5.69 Å². The monoisotopic (exact) mass is 403 g/mol. The van der Waals surface area contributed by atoms with Gasteiger partial charge in [-0.2, -0.15) is 5.10 Å². The van der Waals surface area contributed by atoms with Crippen LogP contribution >= 0.6 is 24.0 Å². The van der Waals surface area contributed by atoms with Crippen LogP contribution in [0.3, 0.4) is 0 Å². The fourth-order valence-electron chi connectivity index (χ4n) is 3.63. The number of hydrogen-bond donors (Lipinski definition) is 1. The average molecular weight is 404 g/mol. The lowest BCUT2D eigenvalue weighted by Gasteiger charge is -2.37. The quantitative estimate of drug-likeness (QED) is 0.719. The fourth-order valence-corrected chi connectivity index (χ4v) is 3.89. The standard InChI is InChI=1S/C20H22ClN5.ClH/c1-15-10-16(6-7-19(15)26-14-23-13-24-26)12-25-9-8-22-11-20(25)17-4-2-3-5-18(17)21;/h2-7,10,13-14,20,22H,8-9,11-12H2,1H3;1H. The van der Waals surface area contributed by atoms with Crippen LogP contribution in [0.5, 0.6) is 0 Å². The van der Waals surface area contributed by atoms with E-state index in [1.807, 2.05) is 12.1 Å². The van der Waals surface area contributed by atoms with Gasteiger partial charge in [-0.25, -0.2) is 9.67 Å². The van der Waals surface area contributed by atoms with Crippen molar-refractivity contribution in [2.24, 2.45) is 0 Å². The highest BCUT2D eigenvalue weighted by Gasteiger charge is 2.25. The van der Waals surface area contributed by atoms with Gasteiger partial charge in [-0.3, -0.25) is 4.90 Å². The zero-order valence-electron chi connectivity index (χ0n) is 15.2. The molecular weight excluding hydrogens is 381 g/mol. The predicted molar refractivity (Wildman–Crippen MR) is 111 cm³/mol. The number of halogens is 2. The molecular formula is C20H23Cl2N5. The van der Waals surface area contributed by atoms with Crippen LogP contribution in [0.15, 0.2) is 55.1 Å². The molecule has 0 bridgehead atoms. The number of nitrogens with zero attached hydrogens (tertiary/aromatic N) is 4. The molecule has 0 saturated carbocycles. The minimum Gasteiger partial charge on any atom is -0.314 e. The van der Waals surface area contributed by atoms with Gasteiger partial charge in [-0.05, 0) is 35.7 Å². The van der Waals surface area contributed by atoms with Crippen molar-refractivity contribution in [3.8, 4) is 5.69 Å². The van der Waals surface area contributed by atoms with E-state index in [2.05, 4.69) is 57.6 Å². The molecule has 5 nitrogen and oxygen atoms in total. The summed E-state index contributed by atoms with van der Waals surface area (Å²) in [6.07, 6.45) is 3.29. The van der Waals surface area contributed by atoms with Gasteiger partial charge in [0.05, 0.1) is 5.69 Å². The third kappa shape index (κ3) is 4.33. The highest BCUT2D eigenvalue weighted by molar-refractivity contribution is 6.31. The van der Waals surface area contributed by atoms with E-state index in [4.69, 9.17) is 11.6 Å². The Morgan fingerprint density at radius 2 is 2.07 bits per heavy atom. The number of rotatable bonds is 4. The first kappa shape index (κ1) is 19.8. The van der Waals surface area contributed by atoms with E-state index in [0.29, 0.717) is 0 Å². The first-order chi connectivity index (χ1) is 12.7. The highest BCUT2D eigenvalue weighted by atomic mass is 35.5. The van der Waals surface area contributed by atoms with E-state index in [1.54, 1.807) is 17.3 Å². The summed E-state index contributed by atoms with van der Waals surface area (Å²) in [6.45, 7) is 5.93. The summed E-state index contributed by atoms with van der Waals surface area (Å²) in [5.41, 5.74) is 4.74. The summed E-state index contributed by atoms with van der Waals surface area (Å²) in [5.74, 6) is 0. The van der Waals surface area contributed by atoms with Crippen LogP contribution in [0.4, 0.5) is 0 Å². The maximum Gasteiger partial charge on any atom is 0.138 e. The van der Waals surface area contributed by atoms with Gasteiger partial charge in [0, 0.05) is 37.2 Å². The van der Waals surface area contributed by atoms with Gasteiger partial charge in [0.1, 0.15) is 12.7 Å². The lowest BCUT2D eigenvalue weighted by atomic mass is 10.0. The third-order valence-electron chi connectivity index (χ3n) is 4.93. The molecule has 1 aromatic heterocycles. The van der Waals surface area contributed by atoms with E-state index in [1.165, 1.54) is 16.7 Å². The van der Waals surface area contributed by atoms with Crippen LogP contribution in [0.2, 0.25) is 5.02 Å². The van der Waals surface area contributed by atoms with Crippen LogP contribution in [0.1, 0.15) is 22.7 Å². The molecule has 0 aliphatic carbocycles. The molecule has 1 aliphatic heterocycles. The molecule has 1 N–H and O–H groups in total. The third-order valence-corrected chi connectivity index (χ3v) is 5.28. The van der Waals surface area contributed by atoms with Gasteiger partial charge in [0.25, 0.3) is 0 Å². The molecule has 1 atom stereocenters. The Kier molecular flexibility index (Phi) is 6.50. The first-order valence-electron chi connectivity index (χ1n) is 8.86. The Hall–Kier alpha value is -1.92. The molecule has 142 valence electrons. The maximum absolute atomic E-state index is 6.46. The van der Waals surface area contributed by atoms with Crippen LogP contribution in [-0.2, 0) is 6.54 Å². The van der Waals surface area contributed by atoms with Gasteiger partial charge in [-0.15, -0.1) is 12.4 Å². The number of piperazine rings is 1. The summed E-state index contributed by atoms with van der Waals surface area (Å²) in [6, 6.07) is 15.0. The molecule has 27 heavy (non-hydrogen) atoms. The zero-order chi connectivity index (χ0) is 17.9. The molecule has 3 aromatic rings. The predicted octanol–water partition coefficient (Wildman–Crippen LogP) is 3.80. The molecule has 1 saturated heterocycles. The van der Waals surface area contributed by atoms with Crippen molar-refractivity contribution < 1.29 is 0 Å². The van der Waals surface area contributed by atoms with Crippen LogP contribution in [-0.4, -0.2) is 39.3 Å². The number of nitrogens with one attached hydrogen (secondary N) is 1. The largest absolute Gasteiger partial charge is 0.314 e. The Bertz CT molecular complexity index is 882. The molecule has 0 amide bonds. The van der Waals surface area contributed by atoms with E-state index in [9.17, 15) is 0 Å². The molecule has 2 heterocycles. The summed E-state index contributed by atoms with van der Waals surface area (Å²) in [7, 11) is 0. The molecule has 1 fully saturated rings. The maximum atomic E-state index is 6.46. The summed E-state index contributed by atoms with van der Waals surface area (Å²) in [4.78, 5) is 6.53. The average Bonchev–Trinajstić information content (AvgIpc) is 3.17. The van der Waals surface area contributed by atoms with E-state index >= 15 is 0 Å². The number of aryl methyl sites for hydroxylation is 1. The molecule has 4 rings (SSSR count). The van der Waals surface area contributed by atoms with Gasteiger partial charge in [-0.1, -0.05) is 41.9 Å². The summed E-state index contributed by atoms with van der Waals surface area (Å²) >= 11 is 6.46. The van der Waals surface area contributed by atoms with Crippen molar-refractivity contribution in [2.45, 2.75) is 19.5 Å².